The maximum Gasteiger partial charge on any atom is 0.245 e. The molecule has 5 heteroatoms. The van der Waals surface area contributed by atoms with Crippen LogP contribution < -0.4 is 11.1 Å². The zero-order chi connectivity index (χ0) is 12.5. The first-order valence-electron chi connectivity index (χ1n) is 5.52. The normalized spacial score (nSPS) is 17.4. The van der Waals surface area contributed by atoms with Crippen molar-refractivity contribution in [2.45, 2.75) is 15.8 Å². The number of pyridine rings is 1. The number of benzene rings is 1. The van der Waals surface area contributed by atoms with Crippen molar-refractivity contribution < 1.29 is 4.79 Å². The third-order valence-electron chi connectivity index (χ3n) is 2.79. The van der Waals surface area contributed by atoms with Crippen LogP contribution >= 0.6 is 11.8 Å². The van der Waals surface area contributed by atoms with E-state index in [0.717, 1.165) is 21.0 Å². The fourth-order valence-electron chi connectivity index (χ4n) is 1.87. The first-order valence-corrected chi connectivity index (χ1v) is 6.34. The summed E-state index contributed by atoms with van der Waals surface area (Å²) in [5.74, 6) is -0.143. The number of hydrogen-bond acceptors (Lipinski definition) is 4. The van der Waals surface area contributed by atoms with E-state index < -0.39 is 6.04 Å². The van der Waals surface area contributed by atoms with Crippen molar-refractivity contribution in [3.8, 4) is 0 Å². The average Bonchev–Trinajstić information content (AvgIpc) is 2.66. The molecule has 1 unspecified atom stereocenters. The molecule has 0 aliphatic carbocycles. The lowest BCUT2D eigenvalue weighted by Crippen LogP contribution is -2.19. The van der Waals surface area contributed by atoms with Gasteiger partial charge in [0, 0.05) is 33.4 Å². The van der Waals surface area contributed by atoms with Gasteiger partial charge in [-0.25, -0.2) is 0 Å². The van der Waals surface area contributed by atoms with Crippen LogP contribution in [-0.2, 0) is 4.79 Å². The van der Waals surface area contributed by atoms with E-state index in [2.05, 4.69) is 10.3 Å². The largest absolute Gasteiger partial charge is 0.324 e. The minimum absolute atomic E-state index is 0.143. The van der Waals surface area contributed by atoms with Crippen LogP contribution in [0.15, 0.2) is 52.5 Å². The van der Waals surface area contributed by atoms with Crippen molar-refractivity contribution in [1.82, 2.24) is 4.98 Å². The monoisotopic (exact) mass is 257 g/mol. The maximum atomic E-state index is 11.4. The van der Waals surface area contributed by atoms with Crippen molar-refractivity contribution >= 4 is 23.4 Å². The zero-order valence-corrected chi connectivity index (χ0v) is 10.3. The van der Waals surface area contributed by atoms with Crippen LogP contribution in [0.3, 0.4) is 0 Å². The van der Waals surface area contributed by atoms with Gasteiger partial charge in [-0.3, -0.25) is 9.78 Å². The van der Waals surface area contributed by atoms with Crippen molar-refractivity contribution in [2.75, 3.05) is 5.32 Å². The molecule has 90 valence electrons. The molecule has 1 aromatic carbocycles. The second-order valence-electron chi connectivity index (χ2n) is 4.00. The number of aromatic nitrogens is 1. The van der Waals surface area contributed by atoms with E-state index in [9.17, 15) is 4.79 Å². The summed E-state index contributed by atoms with van der Waals surface area (Å²) in [5, 5.41) is 2.78. The predicted octanol–water partition coefficient (Wildman–Crippen LogP) is 2.18. The molecule has 1 aliphatic rings. The average molecular weight is 257 g/mol. The quantitative estimate of drug-likeness (QED) is 0.865. The standard InChI is InChI=1S/C13H11N3OS/c14-12-10-2-1-9(7-11(10)16-13(12)17)18-8-3-5-15-6-4-8/h1-7,12H,14H2,(H,16,17). The van der Waals surface area contributed by atoms with Crippen molar-refractivity contribution in [3.63, 3.8) is 0 Å². The van der Waals surface area contributed by atoms with Crippen LogP contribution in [0.1, 0.15) is 11.6 Å². The Hall–Kier alpha value is -1.85. The minimum atomic E-state index is -0.542. The fourth-order valence-corrected chi connectivity index (χ4v) is 2.72. The molecule has 1 amide bonds. The maximum absolute atomic E-state index is 11.4. The van der Waals surface area contributed by atoms with E-state index in [-0.39, 0.29) is 5.91 Å². The molecular formula is C13H11N3OS. The molecule has 0 saturated carbocycles. The SMILES string of the molecule is NC1C(=O)Nc2cc(Sc3ccncc3)ccc21. The number of nitrogens with zero attached hydrogens (tertiary/aromatic N) is 1. The molecule has 0 spiro atoms. The smallest absolute Gasteiger partial charge is 0.245 e. The lowest BCUT2D eigenvalue weighted by Gasteiger charge is -2.05. The second kappa shape index (κ2) is 4.44. The highest BCUT2D eigenvalue weighted by Gasteiger charge is 2.26. The van der Waals surface area contributed by atoms with Gasteiger partial charge in [-0.15, -0.1) is 0 Å². The highest BCUT2D eigenvalue weighted by atomic mass is 32.2. The van der Waals surface area contributed by atoms with Gasteiger partial charge in [0.25, 0.3) is 0 Å². The number of fused-ring (bicyclic) bond motifs is 1. The Bertz CT molecular complexity index is 600. The summed E-state index contributed by atoms with van der Waals surface area (Å²) in [6, 6.07) is 9.18. The molecule has 1 aromatic heterocycles. The van der Waals surface area contributed by atoms with Gasteiger partial charge in [0.05, 0.1) is 0 Å². The van der Waals surface area contributed by atoms with Crippen LogP contribution in [0.4, 0.5) is 5.69 Å². The number of nitrogens with one attached hydrogen (secondary N) is 1. The van der Waals surface area contributed by atoms with Crippen LogP contribution in [0, 0.1) is 0 Å². The summed E-state index contributed by atoms with van der Waals surface area (Å²) < 4.78 is 0. The summed E-state index contributed by atoms with van der Waals surface area (Å²) in [6.07, 6.45) is 3.51. The third kappa shape index (κ3) is 1.98. The molecule has 0 bridgehead atoms. The molecule has 1 atom stereocenters. The number of nitrogens with two attached hydrogens (primary N) is 1. The molecule has 1 aliphatic heterocycles. The van der Waals surface area contributed by atoms with Gasteiger partial charge in [0.15, 0.2) is 0 Å². The molecule has 0 fully saturated rings. The molecule has 3 rings (SSSR count). The fraction of sp³-hybridized carbons (Fsp3) is 0.0769. The Morgan fingerprint density at radius 2 is 1.94 bits per heavy atom. The Kier molecular flexibility index (Phi) is 2.77. The van der Waals surface area contributed by atoms with E-state index in [1.54, 1.807) is 24.2 Å². The predicted molar refractivity (Wildman–Crippen MR) is 70.4 cm³/mol. The number of carbonyl (C=O) groups is 1. The van der Waals surface area contributed by atoms with Gasteiger partial charge in [-0.1, -0.05) is 17.8 Å². The number of rotatable bonds is 2. The molecule has 3 N–H and O–H groups in total. The molecule has 0 saturated heterocycles. The van der Waals surface area contributed by atoms with Gasteiger partial charge in [-0.05, 0) is 24.3 Å². The summed E-state index contributed by atoms with van der Waals surface area (Å²) in [5.41, 5.74) is 7.44. The van der Waals surface area contributed by atoms with E-state index in [1.807, 2.05) is 30.3 Å². The molecule has 2 aromatic rings. The summed E-state index contributed by atoms with van der Waals surface area (Å²) in [4.78, 5) is 17.6. The highest BCUT2D eigenvalue weighted by molar-refractivity contribution is 7.99. The Balaban J connectivity index is 1.88. The number of carbonyl (C=O) groups excluding carboxylic acids is 1. The third-order valence-corrected chi connectivity index (χ3v) is 3.78. The van der Waals surface area contributed by atoms with Gasteiger partial charge in [-0.2, -0.15) is 0 Å². The molecular weight excluding hydrogens is 246 g/mol. The minimum Gasteiger partial charge on any atom is -0.324 e. The second-order valence-corrected chi connectivity index (χ2v) is 5.15. The van der Waals surface area contributed by atoms with Gasteiger partial charge < -0.3 is 11.1 Å². The van der Waals surface area contributed by atoms with E-state index in [0.29, 0.717) is 0 Å². The van der Waals surface area contributed by atoms with Crippen LogP contribution in [0.25, 0.3) is 0 Å². The first-order chi connectivity index (χ1) is 8.74. The summed E-state index contributed by atoms with van der Waals surface area (Å²) >= 11 is 1.62. The van der Waals surface area contributed by atoms with E-state index >= 15 is 0 Å². The van der Waals surface area contributed by atoms with E-state index in [4.69, 9.17) is 5.73 Å². The number of amides is 1. The Labute approximate surface area is 109 Å². The van der Waals surface area contributed by atoms with Gasteiger partial charge in [0.1, 0.15) is 6.04 Å². The topological polar surface area (TPSA) is 68.0 Å². The molecule has 18 heavy (non-hydrogen) atoms. The van der Waals surface area contributed by atoms with Crippen molar-refractivity contribution in [3.05, 3.63) is 48.3 Å². The first kappa shape index (κ1) is 11.3. The number of anilines is 1. The van der Waals surface area contributed by atoms with Crippen LogP contribution in [-0.4, -0.2) is 10.9 Å². The zero-order valence-electron chi connectivity index (χ0n) is 9.46. The van der Waals surface area contributed by atoms with Crippen molar-refractivity contribution in [2.24, 2.45) is 5.73 Å². The highest BCUT2D eigenvalue weighted by Crippen LogP contribution is 2.35. The number of hydrogen-bond donors (Lipinski definition) is 2. The summed E-state index contributed by atoms with van der Waals surface area (Å²) in [7, 11) is 0. The van der Waals surface area contributed by atoms with Gasteiger partial charge >= 0.3 is 0 Å². The van der Waals surface area contributed by atoms with Crippen molar-refractivity contribution in [1.29, 1.82) is 0 Å². The Morgan fingerprint density at radius 1 is 1.17 bits per heavy atom. The molecule has 2 heterocycles. The van der Waals surface area contributed by atoms with Crippen LogP contribution in [0.5, 0.6) is 0 Å². The van der Waals surface area contributed by atoms with Gasteiger partial charge in [0.2, 0.25) is 5.91 Å². The molecule has 0 radical (unpaired) electrons. The lowest BCUT2D eigenvalue weighted by atomic mass is 10.1. The molecule has 4 nitrogen and oxygen atoms in total. The van der Waals surface area contributed by atoms with Crippen LogP contribution in [0.2, 0.25) is 0 Å². The lowest BCUT2D eigenvalue weighted by molar-refractivity contribution is -0.116. The van der Waals surface area contributed by atoms with E-state index in [1.165, 1.54) is 0 Å². The Morgan fingerprint density at radius 3 is 2.72 bits per heavy atom. The summed E-state index contributed by atoms with van der Waals surface area (Å²) in [6.45, 7) is 0.